The Kier molecular flexibility index (Phi) is 4.01. The number of benzene rings is 1. The molecule has 1 aromatic carbocycles. The van der Waals surface area contributed by atoms with Gasteiger partial charge >= 0.3 is 5.97 Å². The van der Waals surface area contributed by atoms with Crippen LogP contribution in [0.25, 0.3) is 0 Å². The van der Waals surface area contributed by atoms with Crippen LogP contribution < -0.4 is 10.5 Å². The van der Waals surface area contributed by atoms with E-state index in [0.717, 1.165) is 12.1 Å². The number of carboxylic acid groups (broad SMARTS) is 1. The summed E-state index contributed by atoms with van der Waals surface area (Å²) in [5.41, 5.74) is 4.02. The van der Waals surface area contributed by atoms with E-state index in [-0.39, 0.29) is 18.8 Å². The fourth-order valence-electron chi connectivity index (χ4n) is 1.07. The van der Waals surface area contributed by atoms with Crippen molar-refractivity contribution in [1.82, 2.24) is 0 Å². The first-order chi connectivity index (χ1) is 7.83. The molecule has 0 aromatic heterocycles. The minimum atomic E-state index is -1.43. The number of nitrogens with two attached hydrogens (primary N) is 1. The third kappa shape index (κ3) is 3.67. The summed E-state index contributed by atoms with van der Waals surface area (Å²) in [5, 5.41) is 8.73. The van der Waals surface area contributed by atoms with E-state index in [1.54, 1.807) is 0 Å². The molecule has 0 bridgehead atoms. The molecule has 17 heavy (non-hydrogen) atoms. The molecule has 0 radical (unpaired) electrons. The van der Waals surface area contributed by atoms with Gasteiger partial charge in [0.1, 0.15) is 11.4 Å². The maximum Gasteiger partial charge on any atom is 0.323 e. The third-order valence-corrected chi connectivity index (χ3v) is 2.26. The van der Waals surface area contributed by atoms with Crippen molar-refractivity contribution in [2.45, 2.75) is 18.9 Å². The smallest absolute Gasteiger partial charge is 0.323 e. The van der Waals surface area contributed by atoms with Crippen LogP contribution in [-0.4, -0.2) is 23.2 Å². The van der Waals surface area contributed by atoms with Crippen LogP contribution in [0, 0.1) is 11.6 Å². The van der Waals surface area contributed by atoms with Crippen LogP contribution in [0.3, 0.4) is 0 Å². The zero-order chi connectivity index (χ0) is 13.1. The maximum atomic E-state index is 13.1. The Hall–Kier alpha value is -1.69. The zero-order valence-corrected chi connectivity index (χ0v) is 9.24. The first kappa shape index (κ1) is 13.4. The van der Waals surface area contributed by atoms with E-state index >= 15 is 0 Å². The Morgan fingerprint density at radius 1 is 1.53 bits per heavy atom. The molecule has 6 heteroatoms. The monoisotopic (exact) mass is 245 g/mol. The normalized spacial score (nSPS) is 14.1. The molecule has 0 saturated heterocycles. The van der Waals surface area contributed by atoms with Gasteiger partial charge in [-0.25, -0.2) is 8.78 Å². The standard InChI is InChI=1S/C11H13F2NO3/c1-11(14,10(15)16)4-5-17-9-3-2-7(12)6-8(9)13/h2-3,6H,4-5,14H2,1H3,(H,15,16). The fourth-order valence-corrected chi connectivity index (χ4v) is 1.07. The Morgan fingerprint density at radius 3 is 2.71 bits per heavy atom. The molecular formula is C11H13F2NO3. The molecule has 0 aliphatic heterocycles. The second-order valence-electron chi connectivity index (χ2n) is 3.90. The highest BCUT2D eigenvalue weighted by atomic mass is 19.1. The van der Waals surface area contributed by atoms with Gasteiger partial charge in [-0.15, -0.1) is 0 Å². The number of hydrogen-bond donors (Lipinski definition) is 2. The van der Waals surface area contributed by atoms with Gasteiger partial charge in [-0.05, 0) is 19.1 Å². The van der Waals surface area contributed by atoms with E-state index in [0.29, 0.717) is 6.07 Å². The summed E-state index contributed by atoms with van der Waals surface area (Å²) in [6.07, 6.45) is 0.0130. The third-order valence-electron chi connectivity index (χ3n) is 2.26. The van der Waals surface area contributed by atoms with Crippen molar-refractivity contribution in [3.63, 3.8) is 0 Å². The molecule has 1 aromatic rings. The molecular weight excluding hydrogens is 232 g/mol. The second-order valence-corrected chi connectivity index (χ2v) is 3.90. The summed E-state index contributed by atoms with van der Waals surface area (Å²) < 4.78 is 30.7. The van der Waals surface area contributed by atoms with E-state index < -0.39 is 23.1 Å². The summed E-state index contributed by atoms with van der Waals surface area (Å²) in [7, 11) is 0. The average Bonchev–Trinajstić information content (AvgIpc) is 2.21. The fraction of sp³-hybridized carbons (Fsp3) is 0.364. The number of hydrogen-bond acceptors (Lipinski definition) is 3. The maximum absolute atomic E-state index is 13.1. The lowest BCUT2D eigenvalue weighted by Gasteiger charge is -2.19. The minimum Gasteiger partial charge on any atom is -0.490 e. The summed E-state index contributed by atoms with van der Waals surface area (Å²) in [5.74, 6) is -2.84. The summed E-state index contributed by atoms with van der Waals surface area (Å²) >= 11 is 0. The van der Waals surface area contributed by atoms with Crippen LogP contribution in [0.15, 0.2) is 18.2 Å². The van der Waals surface area contributed by atoms with Crippen molar-refractivity contribution in [3.8, 4) is 5.75 Å². The second kappa shape index (κ2) is 5.09. The van der Waals surface area contributed by atoms with E-state index in [9.17, 15) is 13.6 Å². The highest BCUT2D eigenvalue weighted by Crippen LogP contribution is 2.18. The number of aliphatic carboxylic acids is 1. The molecule has 94 valence electrons. The van der Waals surface area contributed by atoms with Crippen LogP contribution >= 0.6 is 0 Å². The van der Waals surface area contributed by atoms with Gasteiger partial charge in [-0.1, -0.05) is 0 Å². The average molecular weight is 245 g/mol. The van der Waals surface area contributed by atoms with Crippen molar-refractivity contribution in [2.75, 3.05) is 6.61 Å². The van der Waals surface area contributed by atoms with E-state index in [1.807, 2.05) is 0 Å². The molecule has 1 atom stereocenters. The highest BCUT2D eigenvalue weighted by molar-refractivity contribution is 5.77. The van der Waals surface area contributed by atoms with Crippen molar-refractivity contribution < 1.29 is 23.4 Å². The van der Waals surface area contributed by atoms with E-state index in [1.165, 1.54) is 6.92 Å². The number of carbonyl (C=O) groups is 1. The van der Waals surface area contributed by atoms with Crippen LogP contribution in [0.2, 0.25) is 0 Å². The van der Waals surface area contributed by atoms with Crippen LogP contribution in [0.5, 0.6) is 5.75 Å². The number of carboxylic acids is 1. The Morgan fingerprint density at radius 2 is 2.18 bits per heavy atom. The summed E-state index contributed by atoms with van der Waals surface area (Å²) in [4.78, 5) is 10.7. The number of halogens is 2. The Bertz CT molecular complexity index is 421. The van der Waals surface area contributed by atoms with Gasteiger partial charge in [0.2, 0.25) is 0 Å². The molecule has 0 aliphatic carbocycles. The lowest BCUT2D eigenvalue weighted by Crippen LogP contribution is -2.45. The van der Waals surface area contributed by atoms with Crippen LogP contribution in [0.1, 0.15) is 13.3 Å². The lowest BCUT2D eigenvalue weighted by atomic mass is 10.0. The van der Waals surface area contributed by atoms with Crippen LogP contribution in [-0.2, 0) is 4.79 Å². The SMILES string of the molecule is CC(N)(CCOc1ccc(F)cc1F)C(=O)O. The van der Waals surface area contributed by atoms with Gasteiger partial charge in [0.15, 0.2) is 11.6 Å². The van der Waals surface area contributed by atoms with Crippen molar-refractivity contribution in [2.24, 2.45) is 5.73 Å². The molecule has 0 heterocycles. The molecule has 1 unspecified atom stereocenters. The number of rotatable bonds is 5. The topological polar surface area (TPSA) is 72.5 Å². The molecule has 0 saturated carbocycles. The molecule has 3 N–H and O–H groups in total. The predicted octanol–water partition coefficient (Wildman–Crippen LogP) is 1.54. The van der Waals surface area contributed by atoms with Gasteiger partial charge in [-0.3, -0.25) is 4.79 Å². The zero-order valence-electron chi connectivity index (χ0n) is 9.24. The first-order valence-corrected chi connectivity index (χ1v) is 4.93. The van der Waals surface area contributed by atoms with Gasteiger partial charge in [0, 0.05) is 12.5 Å². The van der Waals surface area contributed by atoms with Crippen LogP contribution in [0.4, 0.5) is 8.78 Å². The van der Waals surface area contributed by atoms with Gasteiger partial charge in [0.05, 0.1) is 6.61 Å². The molecule has 0 fully saturated rings. The molecule has 1 rings (SSSR count). The molecule has 4 nitrogen and oxygen atoms in total. The van der Waals surface area contributed by atoms with Crippen molar-refractivity contribution in [1.29, 1.82) is 0 Å². The lowest BCUT2D eigenvalue weighted by molar-refractivity contribution is -0.143. The van der Waals surface area contributed by atoms with Crippen molar-refractivity contribution >= 4 is 5.97 Å². The van der Waals surface area contributed by atoms with Gasteiger partial charge in [-0.2, -0.15) is 0 Å². The van der Waals surface area contributed by atoms with Crippen molar-refractivity contribution in [3.05, 3.63) is 29.8 Å². The highest BCUT2D eigenvalue weighted by Gasteiger charge is 2.27. The first-order valence-electron chi connectivity index (χ1n) is 4.93. The molecule has 0 spiro atoms. The van der Waals surface area contributed by atoms with E-state index in [2.05, 4.69) is 0 Å². The largest absolute Gasteiger partial charge is 0.490 e. The van der Waals surface area contributed by atoms with E-state index in [4.69, 9.17) is 15.6 Å². The quantitative estimate of drug-likeness (QED) is 0.825. The predicted molar refractivity (Wildman–Crippen MR) is 56.7 cm³/mol. The number of ether oxygens (including phenoxy) is 1. The Labute approximate surface area is 97.0 Å². The molecule has 0 aliphatic rings. The molecule has 0 amide bonds. The minimum absolute atomic E-state index is 0.0130. The summed E-state index contributed by atoms with van der Waals surface area (Å²) in [6, 6.07) is 2.88. The Balaban J connectivity index is 2.54. The van der Waals surface area contributed by atoms with Gasteiger partial charge < -0.3 is 15.6 Å². The van der Waals surface area contributed by atoms with Gasteiger partial charge in [0.25, 0.3) is 0 Å². The summed E-state index contributed by atoms with van der Waals surface area (Å²) in [6.45, 7) is 1.27.